The number of nitrogen functional groups attached to an aromatic ring is 1. The molecule has 0 unspecified atom stereocenters. The second-order valence-electron chi connectivity index (χ2n) is 8.13. The van der Waals surface area contributed by atoms with Gasteiger partial charge in [0.1, 0.15) is 16.9 Å². The Morgan fingerprint density at radius 3 is 2.26 bits per heavy atom. The number of aromatic nitrogens is 3. The van der Waals surface area contributed by atoms with Gasteiger partial charge in [-0.2, -0.15) is 0 Å². The van der Waals surface area contributed by atoms with Crippen LogP contribution in [0.4, 0.5) is 5.82 Å². The van der Waals surface area contributed by atoms with E-state index in [2.05, 4.69) is 5.32 Å². The highest BCUT2D eigenvalue weighted by Crippen LogP contribution is 2.35. The summed E-state index contributed by atoms with van der Waals surface area (Å²) in [6, 6.07) is 22.4. The Bertz CT molecular complexity index is 1550. The summed E-state index contributed by atoms with van der Waals surface area (Å²) < 4.78 is 12.6. The molecule has 1 amide bonds. The maximum absolute atomic E-state index is 13.6. The van der Waals surface area contributed by atoms with Gasteiger partial charge in [0.25, 0.3) is 5.91 Å². The van der Waals surface area contributed by atoms with E-state index in [1.807, 2.05) is 67.6 Å². The molecule has 5 aromatic rings. The van der Waals surface area contributed by atoms with Crippen LogP contribution in [0.5, 0.6) is 11.5 Å². The average molecular weight is 468 g/mol. The van der Waals surface area contributed by atoms with Crippen molar-refractivity contribution in [2.24, 2.45) is 0 Å². The molecule has 3 N–H and O–H groups in total. The highest BCUT2D eigenvalue weighted by atomic mass is 16.5. The molecule has 0 aliphatic carbocycles. The number of carbonyl (C=O) groups is 1. The Morgan fingerprint density at radius 1 is 0.914 bits per heavy atom. The number of nitrogens with zero attached hydrogens (tertiary/aromatic N) is 3. The summed E-state index contributed by atoms with van der Waals surface area (Å²) in [4.78, 5) is 23.2. The first kappa shape index (κ1) is 22.2. The number of nitrogens with two attached hydrogens (primary N) is 1. The molecule has 35 heavy (non-hydrogen) atoms. The summed E-state index contributed by atoms with van der Waals surface area (Å²) in [5.74, 6) is 1.02. The van der Waals surface area contributed by atoms with Gasteiger partial charge in [0.05, 0.1) is 37.0 Å². The second kappa shape index (κ2) is 8.98. The number of anilines is 1. The topological polar surface area (TPSA) is 104 Å². The first-order valence-electron chi connectivity index (χ1n) is 11.2. The van der Waals surface area contributed by atoms with Crippen molar-refractivity contribution in [2.45, 2.75) is 13.0 Å². The van der Waals surface area contributed by atoms with E-state index >= 15 is 0 Å². The maximum Gasteiger partial charge on any atom is 0.257 e. The van der Waals surface area contributed by atoms with Crippen molar-refractivity contribution in [3.05, 3.63) is 83.9 Å². The van der Waals surface area contributed by atoms with Crippen LogP contribution in [0.2, 0.25) is 0 Å². The molecule has 2 heterocycles. The first-order valence-corrected chi connectivity index (χ1v) is 11.2. The van der Waals surface area contributed by atoms with Gasteiger partial charge in [0.15, 0.2) is 17.1 Å². The van der Waals surface area contributed by atoms with E-state index in [0.717, 1.165) is 5.56 Å². The number of amides is 1. The number of carbonyl (C=O) groups excluding carboxylic acids is 1. The molecular weight excluding hydrogens is 442 g/mol. The van der Waals surface area contributed by atoms with Crippen molar-refractivity contribution in [1.29, 1.82) is 0 Å². The second-order valence-corrected chi connectivity index (χ2v) is 8.13. The SMILES string of the molecule is COc1ccc(-n2c(N)c(C(=O)N[C@H](C)c3ccccc3)c3nc4ccccc4nc32)cc1OC. The minimum Gasteiger partial charge on any atom is -0.493 e. The smallest absolute Gasteiger partial charge is 0.257 e. The molecule has 0 saturated carbocycles. The zero-order valence-corrected chi connectivity index (χ0v) is 19.6. The Kier molecular flexibility index (Phi) is 5.70. The first-order chi connectivity index (χ1) is 17.0. The van der Waals surface area contributed by atoms with Crippen LogP contribution in [-0.4, -0.2) is 34.7 Å². The predicted octanol–water partition coefficient (Wildman–Crippen LogP) is 4.66. The summed E-state index contributed by atoms with van der Waals surface area (Å²) in [7, 11) is 3.14. The van der Waals surface area contributed by atoms with Crippen molar-refractivity contribution >= 4 is 33.9 Å². The molecule has 0 fully saturated rings. The number of nitrogens with one attached hydrogen (secondary N) is 1. The monoisotopic (exact) mass is 467 g/mol. The van der Waals surface area contributed by atoms with Gasteiger partial charge in [-0.1, -0.05) is 42.5 Å². The predicted molar refractivity (Wildman–Crippen MR) is 136 cm³/mol. The Morgan fingerprint density at radius 2 is 1.57 bits per heavy atom. The zero-order valence-electron chi connectivity index (χ0n) is 19.6. The van der Waals surface area contributed by atoms with Crippen LogP contribution in [0.15, 0.2) is 72.8 Å². The largest absolute Gasteiger partial charge is 0.493 e. The molecular formula is C27H25N5O3. The van der Waals surface area contributed by atoms with E-state index in [0.29, 0.717) is 39.4 Å². The third kappa shape index (κ3) is 3.89. The highest BCUT2D eigenvalue weighted by molar-refractivity contribution is 6.11. The van der Waals surface area contributed by atoms with Crippen LogP contribution in [0.3, 0.4) is 0 Å². The lowest BCUT2D eigenvalue weighted by atomic mass is 10.1. The molecule has 0 radical (unpaired) electrons. The Balaban J connectivity index is 1.70. The van der Waals surface area contributed by atoms with E-state index in [-0.39, 0.29) is 23.3 Å². The average Bonchev–Trinajstić information content (AvgIpc) is 3.17. The van der Waals surface area contributed by atoms with Crippen molar-refractivity contribution in [3.8, 4) is 17.2 Å². The Hall–Kier alpha value is -4.59. The third-order valence-electron chi connectivity index (χ3n) is 6.00. The van der Waals surface area contributed by atoms with Gasteiger partial charge < -0.3 is 20.5 Å². The maximum atomic E-state index is 13.6. The number of ether oxygens (including phenoxy) is 2. The van der Waals surface area contributed by atoms with E-state index in [4.69, 9.17) is 25.2 Å². The molecule has 0 spiro atoms. The number of para-hydroxylation sites is 2. The summed E-state index contributed by atoms with van der Waals surface area (Å²) in [5.41, 5.74) is 10.8. The summed E-state index contributed by atoms with van der Waals surface area (Å²) in [6.07, 6.45) is 0. The van der Waals surface area contributed by atoms with Crippen molar-refractivity contribution in [3.63, 3.8) is 0 Å². The zero-order chi connectivity index (χ0) is 24.5. The number of methoxy groups -OCH3 is 2. The van der Waals surface area contributed by atoms with Gasteiger partial charge in [-0.25, -0.2) is 9.97 Å². The highest BCUT2D eigenvalue weighted by Gasteiger charge is 2.26. The van der Waals surface area contributed by atoms with Crippen LogP contribution in [0.1, 0.15) is 28.9 Å². The molecule has 5 rings (SSSR count). The van der Waals surface area contributed by atoms with Gasteiger partial charge in [0.2, 0.25) is 0 Å². The van der Waals surface area contributed by atoms with Crippen LogP contribution < -0.4 is 20.5 Å². The quantitative estimate of drug-likeness (QED) is 0.376. The fourth-order valence-electron chi connectivity index (χ4n) is 4.20. The van der Waals surface area contributed by atoms with Gasteiger partial charge in [-0.05, 0) is 36.8 Å². The lowest BCUT2D eigenvalue weighted by molar-refractivity contribution is 0.0942. The molecule has 0 aliphatic rings. The number of rotatable bonds is 6. The molecule has 2 aromatic heterocycles. The number of hydrogen-bond acceptors (Lipinski definition) is 6. The fourth-order valence-corrected chi connectivity index (χ4v) is 4.20. The molecule has 0 bridgehead atoms. The van der Waals surface area contributed by atoms with Crippen LogP contribution >= 0.6 is 0 Å². The molecule has 0 aliphatic heterocycles. The van der Waals surface area contributed by atoms with E-state index in [1.165, 1.54) is 0 Å². The lowest BCUT2D eigenvalue weighted by Crippen LogP contribution is -2.27. The minimum absolute atomic E-state index is 0.226. The standard InChI is InChI=1S/C27H25N5O3/c1-16(17-9-5-4-6-10-17)29-27(33)23-24-26(31-20-12-8-7-11-19(20)30-24)32(25(23)28)18-13-14-21(34-2)22(15-18)35-3/h4-16H,28H2,1-3H3,(H,29,33)/t16-/m1/s1. The molecule has 0 saturated heterocycles. The number of fused-ring (bicyclic) bond motifs is 2. The van der Waals surface area contributed by atoms with E-state index < -0.39 is 0 Å². The van der Waals surface area contributed by atoms with Crippen molar-refractivity contribution < 1.29 is 14.3 Å². The fraction of sp³-hybridized carbons (Fsp3) is 0.148. The normalized spacial score (nSPS) is 12.0. The van der Waals surface area contributed by atoms with Crippen molar-refractivity contribution in [2.75, 3.05) is 20.0 Å². The van der Waals surface area contributed by atoms with Gasteiger partial charge in [0, 0.05) is 6.07 Å². The Labute approximate surface area is 202 Å². The van der Waals surface area contributed by atoms with Gasteiger partial charge in [-0.15, -0.1) is 0 Å². The minimum atomic E-state index is -0.326. The van der Waals surface area contributed by atoms with Crippen LogP contribution in [0, 0.1) is 0 Å². The molecule has 8 heteroatoms. The van der Waals surface area contributed by atoms with Crippen molar-refractivity contribution in [1.82, 2.24) is 19.9 Å². The van der Waals surface area contributed by atoms with Gasteiger partial charge >= 0.3 is 0 Å². The number of hydrogen-bond donors (Lipinski definition) is 2. The molecule has 1 atom stereocenters. The van der Waals surface area contributed by atoms with Crippen LogP contribution in [-0.2, 0) is 0 Å². The third-order valence-corrected chi connectivity index (χ3v) is 6.00. The van der Waals surface area contributed by atoms with Gasteiger partial charge in [-0.3, -0.25) is 9.36 Å². The lowest BCUT2D eigenvalue weighted by Gasteiger charge is -2.15. The van der Waals surface area contributed by atoms with E-state index in [1.54, 1.807) is 30.9 Å². The van der Waals surface area contributed by atoms with E-state index in [9.17, 15) is 4.79 Å². The molecule has 3 aromatic carbocycles. The van der Waals surface area contributed by atoms with Crippen LogP contribution in [0.25, 0.3) is 27.9 Å². The summed E-state index contributed by atoms with van der Waals surface area (Å²) in [6.45, 7) is 1.93. The summed E-state index contributed by atoms with van der Waals surface area (Å²) >= 11 is 0. The summed E-state index contributed by atoms with van der Waals surface area (Å²) in [5, 5.41) is 3.05. The molecule has 176 valence electrons. The number of benzene rings is 3. The molecule has 8 nitrogen and oxygen atoms in total.